The fourth-order valence-corrected chi connectivity index (χ4v) is 3.55. The van der Waals surface area contributed by atoms with E-state index in [1.807, 2.05) is 6.20 Å². The van der Waals surface area contributed by atoms with Crippen LogP contribution >= 0.6 is 0 Å². The van der Waals surface area contributed by atoms with Crippen LogP contribution in [-0.4, -0.2) is 9.55 Å². The van der Waals surface area contributed by atoms with Gasteiger partial charge in [-0.25, -0.2) is 9.37 Å². The Hall–Kier alpha value is -3.46. The van der Waals surface area contributed by atoms with Gasteiger partial charge < -0.3 is 0 Å². The molecule has 0 amide bonds. The van der Waals surface area contributed by atoms with Crippen molar-refractivity contribution in [2.24, 2.45) is 0 Å². The summed E-state index contributed by atoms with van der Waals surface area (Å²) in [5.74, 6) is 0.550. The van der Waals surface area contributed by atoms with Gasteiger partial charge in [0.05, 0.1) is 5.69 Å². The second-order valence-corrected chi connectivity index (χ2v) is 6.30. The van der Waals surface area contributed by atoms with Crippen molar-refractivity contribution in [3.8, 4) is 17.1 Å². The van der Waals surface area contributed by atoms with E-state index in [-0.39, 0.29) is 5.82 Å². The molecule has 0 bridgehead atoms. The summed E-state index contributed by atoms with van der Waals surface area (Å²) in [6.45, 7) is 0. The van der Waals surface area contributed by atoms with Gasteiger partial charge in [0.1, 0.15) is 11.6 Å². The number of fused-ring (bicyclic) bond motifs is 2. The molecular formula is C23H15FN2. The van der Waals surface area contributed by atoms with E-state index in [9.17, 15) is 4.39 Å². The van der Waals surface area contributed by atoms with E-state index in [1.54, 1.807) is 18.3 Å². The molecule has 0 radical (unpaired) electrons. The van der Waals surface area contributed by atoms with E-state index in [0.29, 0.717) is 0 Å². The number of halogens is 1. The van der Waals surface area contributed by atoms with Crippen LogP contribution in [0.15, 0.2) is 91.3 Å². The van der Waals surface area contributed by atoms with Crippen LogP contribution in [0.5, 0.6) is 0 Å². The van der Waals surface area contributed by atoms with E-state index in [4.69, 9.17) is 0 Å². The second kappa shape index (κ2) is 5.81. The molecule has 0 unspecified atom stereocenters. The number of hydrogen-bond acceptors (Lipinski definition) is 1. The van der Waals surface area contributed by atoms with Crippen LogP contribution < -0.4 is 0 Å². The molecule has 0 fully saturated rings. The summed E-state index contributed by atoms with van der Waals surface area (Å²) in [4.78, 5) is 4.55. The zero-order valence-electron chi connectivity index (χ0n) is 13.9. The first-order valence-corrected chi connectivity index (χ1v) is 8.51. The Morgan fingerprint density at radius 3 is 2.00 bits per heavy atom. The van der Waals surface area contributed by atoms with Crippen molar-refractivity contribution < 1.29 is 4.39 Å². The molecule has 0 N–H and O–H groups in total. The quantitative estimate of drug-likeness (QED) is 0.362. The zero-order valence-corrected chi connectivity index (χ0v) is 13.9. The fraction of sp³-hybridized carbons (Fsp3) is 0. The number of imidazole rings is 1. The normalized spacial score (nSPS) is 11.3. The minimum atomic E-state index is -0.248. The van der Waals surface area contributed by atoms with E-state index < -0.39 is 0 Å². The van der Waals surface area contributed by atoms with Gasteiger partial charge in [-0.05, 0) is 41.1 Å². The van der Waals surface area contributed by atoms with E-state index >= 15 is 0 Å². The van der Waals surface area contributed by atoms with Crippen molar-refractivity contribution in [2.45, 2.75) is 0 Å². The third-order valence-corrected chi connectivity index (χ3v) is 4.73. The average molecular weight is 338 g/mol. The van der Waals surface area contributed by atoms with Crippen molar-refractivity contribution in [1.82, 2.24) is 9.55 Å². The predicted octanol–water partition coefficient (Wildman–Crippen LogP) is 5.98. The Kier molecular flexibility index (Phi) is 3.32. The minimum absolute atomic E-state index is 0.248. The third-order valence-electron chi connectivity index (χ3n) is 4.73. The SMILES string of the molecule is Fc1ccc(-c2nccn2-c2c3ccccc3cc3ccccc23)cc1. The van der Waals surface area contributed by atoms with Gasteiger partial charge in [0, 0.05) is 28.7 Å². The molecule has 5 aromatic rings. The molecule has 0 saturated heterocycles. The molecule has 1 heterocycles. The van der Waals surface area contributed by atoms with Crippen LogP contribution in [0.3, 0.4) is 0 Å². The van der Waals surface area contributed by atoms with Gasteiger partial charge in [-0.1, -0.05) is 48.5 Å². The lowest BCUT2D eigenvalue weighted by molar-refractivity contribution is 0.628. The topological polar surface area (TPSA) is 17.8 Å². The molecule has 0 aliphatic heterocycles. The number of nitrogens with zero attached hydrogens (tertiary/aromatic N) is 2. The Morgan fingerprint density at radius 2 is 1.35 bits per heavy atom. The molecular weight excluding hydrogens is 323 g/mol. The van der Waals surface area contributed by atoms with Crippen LogP contribution in [0, 0.1) is 5.82 Å². The van der Waals surface area contributed by atoms with Crippen molar-refractivity contribution in [2.75, 3.05) is 0 Å². The molecule has 2 nitrogen and oxygen atoms in total. The Balaban J connectivity index is 1.87. The Morgan fingerprint density at radius 1 is 0.731 bits per heavy atom. The Labute approximate surface area is 150 Å². The molecule has 1 aromatic heterocycles. The van der Waals surface area contributed by atoms with Gasteiger partial charge in [0.15, 0.2) is 0 Å². The summed E-state index contributed by atoms with van der Waals surface area (Å²) < 4.78 is 15.4. The summed E-state index contributed by atoms with van der Waals surface area (Å²) in [6.07, 6.45) is 3.75. The molecule has 0 atom stereocenters. The minimum Gasteiger partial charge on any atom is -0.299 e. The molecule has 0 saturated carbocycles. The molecule has 0 spiro atoms. The maximum Gasteiger partial charge on any atom is 0.144 e. The summed E-state index contributed by atoms with van der Waals surface area (Å²) in [6, 6.07) is 25.4. The van der Waals surface area contributed by atoms with Crippen LogP contribution in [0.4, 0.5) is 4.39 Å². The highest BCUT2D eigenvalue weighted by Gasteiger charge is 2.14. The first-order chi connectivity index (χ1) is 12.8. The molecule has 4 aromatic carbocycles. The van der Waals surface area contributed by atoms with Crippen molar-refractivity contribution in [1.29, 1.82) is 0 Å². The van der Waals surface area contributed by atoms with Crippen LogP contribution in [0.1, 0.15) is 0 Å². The number of hydrogen-bond donors (Lipinski definition) is 0. The lowest BCUT2D eigenvalue weighted by Crippen LogP contribution is -1.99. The molecule has 26 heavy (non-hydrogen) atoms. The standard InChI is InChI=1S/C23H15FN2/c24-19-11-9-16(10-12-19)23-25-13-14-26(23)22-20-7-3-1-5-17(20)15-18-6-2-4-8-21(18)22/h1-15H. The zero-order chi connectivity index (χ0) is 17.5. The lowest BCUT2D eigenvalue weighted by Gasteiger charge is -2.15. The van der Waals surface area contributed by atoms with E-state index in [1.165, 1.54) is 22.9 Å². The molecule has 3 heteroatoms. The maximum atomic E-state index is 13.3. The van der Waals surface area contributed by atoms with E-state index in [0.717, 1.165) is 27.8 Å². The Bertz CT molecular complexity index is 1180. The summed E-state index contributed by atoms with van der Waals surface area (Å²) >= 11 is 0. The smallest absolute Gasteiger partial charge is 0.144 e. The second-order valence-electron chi connectivity index (χ2n) is 6.30. The molecule has 124 valence electrons. The van der Waals surface area contributed by atoms with Crippen molar-refractivity contribution in [3.63, 3.8) is 0 Å². The third kappa shape index (κ3) is 2.29. The van der Waals surface area contributed by atoms with Crippen LogP contribution in [0.25, 0.3) is 38.6 Å². The van der Waals surface area contributed by atoms with Crippen molar-refractivity contribution in [3.05, 3.63) is 97.1 Å². The monoisotopic (exact) mass is 338 g/mol. The lowest BCUT2D eigenvalue weighted by atomic mass is 10.0. The van der Waals surface area contributed by atoms with Gasteiger partial charge in [-0.15, -0.1) is 0 Å². The first kappa shape index (κ1) is 14.8. The highest BCUT2D eigenvalue weighted by Crippen LogP contribution is 2.34. The average Bonchev–Trinajstić information content (AvgIpc) is 3.16. The largest absolute Gasteiger partial charge is 0.299 e. The number of aromatic nitrogens is 2. The summed E-state index contributed by atoms with van der Waals surface area (Å²) in [7, 11) is 0. The van der Waals surface area contributed by atoms with Crippen molar-refractivity contribution >= 4 is 21.5 Å². The number of benzene rings is 4. The number of rotatable bonds is 2. The van der Waals surface area contributed by atoms with Crippen LogP contribution in [-0.2, 0) is 0 Å². The molecule has 5 rings (SSSR count). The summed E-state index contributed by atoms with van der Waals surface area (Å²) in [5, 5.41) is 4.68. The van der Waals surface area contributed by atoms with E-state index in [2.05, 4.69) is 64.1 Å². The highest BCUT2D eigenvalue weighted by molar-refractivity contribution is 6.07. The predicted molar refractivity (Wildman–Crippen MR) is 104 cm³/mol. The molecule has 0 aliphatic rings. The van der Waals surface area contributed by atoms with Gasteiger partial charge in [-0.2, -0.15) is 0 Å². The maximum absolute atomic E-state index is 13.3. The van der Waals surface area contributed by atoms with Gasteiger partial charge in [0.2, 0.25) is 0 Å². The fourth-order valence-electron chi connectivity index (χ4n) is 3.55. The van der Waals surface area contributed by atoms with Gasteiger partial charge >= 0.3 is 0 Å². The van der Waals surface area contributed by atoms with Gasteiger partial charge in [0.25, 0.3) is 0 Å². The highest BCUT2D eigenvalue weighted by atomic mass is 19.1. The van der Waals surface area contributed by atoms with Crippen LogP contribution in [0.2, 0.25) is 0 Å². The molecule has 0 aliphatic carbocycles. The summed E-state index contributed by atoms with van der Waals surface area (Å²) in [5.41, 5.74) is 1.98. The van der Waals surface area contributed by atoms with Gasteiger partial charge in [-0.3, -0.25) is 4.57 Å². The first-order valence-electron chi connectivity index (χ1n) is 8.51.